The second kappa shape index (κ2) is 11.4. The maximum atomic E-state index is 13.3. The number of hydrogen-bond donors (Lipinski definition) is 1. The summed E-state index contributed by atoms with van der Waals surface area (Å²) in [6.45, 7) is 1.67. The molecule has 11 heteroatoms. The molecular weight excluding hydrogens is 550 g/mol. The van der Waals surface area contributed by atoms with E-state index in [1.807, 2.05) is 0 Å². The van der Waals surface area contributed by atoms with Gasteiger partial charge in [-0.15, -0.1) is 17.0 Å². The number of nitrogens with one attached hydrogen (secondary N) is 1. The molecule has 2 aliphatic rings. The number of carbonyl (C=O) groups excluding carboxylic acids is 3. The topological polar surface area (TPSA) is 107 Å². The van der Waals surface area contributed by atoms with E-state index in [1.54, 1.807) is 69.7 Å². The fraction of sp³-hybridized carbons (Fsp3) is 0.200. The van der Waals surface area contributed by atoms with E-state index in [4.69, 9.17) is 14.2 Å². The minimum absolute atomic E-state index is 0. The van der Waals surface area contributed by atoms with Crippen molar-refractivity contribution in [2.45, 2.75) is 13.0 Å². The van der Waals surface area contributed by atoms with Crippen molar-refractivity contribution in [3.8, 4) is 11.5 Å². The largest absolute Gasteiger partial charge is 0.497 e. The Balaban J connectivity index is 0.00000361. The number of ether oxygens (including phenoxy) is 3. The minimum atomic E-state index is -0.775. The molecule has 4 rings (SSSR count). The highest BCUT2D eigenvalue weighted by Gasteiger charge is 2.42. The van der Waals surface area contributed by atoms with Gasteiger partial charge in [0.05, 0.1) is 43.5 Å². The van der Waals surface area contributed by atoms with Crippen LogP contribution in [0.1, 0.15) is 18.5 Å². The molecule has 1 unspecified atom stereocenters. The number of nitrogens with zero attached hydrogens (tertiary/aromatic N) is 2. The molecule has 0 saturated carbocycles. The first kappa shape index (κ1) is 27.0. The number of amides is 2. The molecule has 0 fully saturated rings. The van der Waals surface area contributed by atoms with Gasteiger partial charge < -0.3 is 19.5 Å². The van der Waals surface area contributed by atoms with E-state index in [0.717, 1.165) is 11.8 Å². The van der Waals surface area contributed by atoms with Crippen molar-refractivity contribution < 1.29 is 28.6 Å². The Kier molecular flexibility index (Phi) is 8.59. The number of rotatable bonds is 6. The van der Waals surface area contributed by atoms with E-state index >= 15 is 0 Å². The Morgan fingerprint density at radius 2 is 1.56 bits per heavy atom. The molecule has 9 nitrogen and oxygen atoms in total. The maximum Gasteiger partial charge on any atom is 0.338 e. The van der Waals surface area contributed by atoms with Gasteiger partial charge in [-0.2, -0.15) is 0 Å². The molecular formula is C25H24BrN3O6S. The zero-order valence-corrected chi connectivity index (χ0v) is 22.5. The van der Waals surface area contributed by atoms with Crippen LogP contribution in [0.15, 0.2) is 75.8 Å². The molecule has 2 heterocycles. The summed E-state index contributed by atoms with van der Waals surface area (Å²) in [6, 6.07) is 13.1. The van der Waals surface area contributed by atoms with Crippen molar-refractivity contribution in [3.63, 3.8) is 0 Å². The standard InChI is InChI=1S/C25H23N3O6S.BrH/c1-14-21(24(31)34-4)22(15-5-9-17(32-2)10-6-15)28-20(29)13-19(35-25(28)26-14)23(30)27-16-7-11-18(33-3)12-8-16;/h5-13,22H,1-4H3,(H,27,30);1H. The summed E-state index contributed by atoms with van der Waals surface area (Å²) in [5.41, 5.74) is 1.88. The van der Waals surface area contributed by atoms with Gasteiger partial charge in [-0.1, -0.05) is 12.1 Å². The van der Waals surface area contributed by atoms with Crippen LogP contribution in [0.5, 0.6) is 11.5 Å². The minimum Gasteiger partial charge on any atom is -0.497 e. The number of hydrogen-bond acceptors (Lipinski definition) is 8. The Hall–Kier alpha value is -3.57. The molecule has 0 bridgehead atoms. The zero-order chi connectivity index (χ0) is 25.1. The van der Waals surface area contributed by atoms with Crippen molar-refractivity contribution >= 4 is 57.4 Å². The second-order valence-electron chi connectivity index (χ2n) is 7.56. The average molecular weight is 574 g/mol. The van der Waals surface area contributed by atoms with Crippen molar-refractivity contribution in [2.24, 2.45) is 4.99 Å². The van der Waals surface area contributed by atoms with Crippen LogP contribution in [0, 0.1) is 0 Å². The third-order valence-electron chi connectivity index (χ3n) is 5.49. The third kappa shape index (κ3) is 5.31. The number of amidine groups is 1. The van der Waals surface area contributed by atoms with Gasteiger partial charge >= 0.3 is 5.97 Å². The van der Waals surface area contributed by atoms with Gasteiger partial charge in [-0.3, -0.25) is 14.5 Å². The van der Waals surface area contributed by atoms with Crippen molar-refractivity contribution in [2.75, 3.05) is 26.6 Å². The third-order valence-corrected chi connectivity index (χ3v) is 6.49. The summed E-state index contributed by atoms with van der Waals surface area (Å²) in [5, 5.41) is 3.07. The summed E-state index contributed by atoms with van der Waals surface area (Å²) < 4.78 is 15.3. The number of methoxy groups -OCH3 is 3. The van der Waals surface area contributed by atoms with Crippen LogP contribution in [0.2, 0.25) is 0 Å². The molecule has 2 amide bonds. The summed E-state index contributed by atoms with van der Waals surface area (Å²) in [5.74, 6) is -0.217. The molecule has 0 radical (unpaired) electrons. The Labute approximate surface area is 223 Å². The molecule has 0 saturated heterocycles. The van der Waals surface area contributed by atoms with Crippen LogP contribution >= 0.6 is 28.7 Å². The van der Waals surface area contributed by atoms with E-state index < -0.39 is 23.8 Å². The lowest BCUT2D eigenvalue weighted by Crippen LogP contribution is -2.45. The fourth-order valence-electron chi connectivity index (χ4n) is 3.75. The van der Waals surface area contributed by atoms with Gasteiger partial charge in [0.15, 0.2) is 5.17 Å². The molecule has 2 aromatic rings. The van der Waals surface area contributed by atoms with Crippen molar-refractivity contribution in [3.05, 3.63) is 76.3 Å². The van der Waals surface area contributed by atoms with Gasteiger partial charge in [0.25, 0.3) is 11.8 Å². The fourth-order valence-corrected chi connectivity index (χ4v) is 4.72. The van der Waals surface area contributed by atoms with Gasteiger partial charge in [0, 0.05) is 11.8 Å². The Morgan fingerprint density at radius 3 is 2.11 bits per heavy atom. The van der Waals surface area contributed by atoms with Crippen LogP contribution in [-0.4, -0.2) is 49.2 Å². The molecule has 1 N–H and O–H groups in total. The highest BCUT2D eigenvalue weighted by Crippen LogP contribution is 2.42. The molecule has 0 spiro atoms. The van der Waals surface area contributed by atoms with Gasteiger partial charge in [-0.25, -0.2) is 9.79 Å². The quantitative estimate of drug-likeness (QED) is 0.515. The first-order valence-electron chi connectivity index (χ1n) is 10.6. The summed E-state index contributed by atoms with van der Waals surface area (Å²) in [4.78, 5) is 45.0. The lowest BCUT2D eigenvalue weighted by atomic mass is 9.94. The monoisotopic (exact) mass is 573 g/mol. The van der Waals surface area contributed by atoms with E-state index in [1.165, 1.54) is 18.1 Å². The highest BCUT2D eigenvalue weighted by molar-refractivity contribution is 8.93. The number of esters is 1. The first-order chi connectivity index (χ1) is 16.9. The molecule has 188 valence electrons. The van der Waals surface area contributed by atoms with Crippen LogP contribution in [0.25, 0.3) is 0 Å². The maximum absolute atomic E-state index is 13.3. The lowest BCUT2D eigenvalue weighted by molar-refractivity contribution is -0.137. The normalized spacial score (nSPS) is 16.7. The molecule has 0 aromatic heterocycles. The van der Waals surface area contributed by atoms with Crippen LogP contribution < -0.4 is 14.8 Å². The highest BCUT2D eigenvalue weighted by atomic mass is 79.9. The summed E-state index contributed by atoms with van der Waals surface area (Å²) in [7, 11) is 4.39. The van der Waals surface area contributed by atoms with Gasteiger partial charge in [0.1, 0.15) is 11.5 Å². The average Bonchev–Trinajstić information content (AvgIpc) is 2.87. The van der Waals surface area contributed by atoms with E-state index in [0.29, 0.717) is 33.6 Å². The zero-order valence-electron chi connectivity index (χ0n) is 19.9. The lowest BCUT2D eigenvalue weighted by Gasteiger charge is -2.38. The van der Waals surface area contributed by atoms with Crippen LogP contribution in [0.3, 0.4) is 0 Å². The predicted molar refractivity (Wildman–Crippen MR) is 142 cm³/mol. The van der Waals surface area contributed by atoms with Crippen molar-refractivity contribution in [1.29, 1.82) is 0 Å². The van der Waals surface area contributed by atoms with Gasteiger partial charge in [-0.05, 0) is 60.6 Å². The van der Waals surface area contributed by atoms with E-state index in [2.05, 4.69) is 10.3 Å². The van der Waals surface area contributed by atoms with Crippen molar-refractivity contribution in [1.82, 2.24) is 4.90 Å². The molecule has 2 aromatic carbocycles. The number of fused-ring (bicyclic) bond motifs is 1. The molecule has 36 heavy (non-hydrogen) atoms. The van der Waals surface area contributed by atoms with E-state index in [-0.39, 0.29) is 27.5 Å². The number of halogens is 1. The number of benzene rings is 2. The van der Waals surface area contributed by atoms with E-state index in [9.17, 15) is 14.4 Å². The summed E-state index contributed by atoms with van der Waals surface area (Å²) in [6.07, 6.45) is 1.24. The SMILES string of the molecule is Br.COC(=O)C1=C(C)N=C2SC(C(=O)Nc3ccc(OC)cc3)=CC(=O)N2C1c1ccc(OC)cc1. The van der Waals surface area contributed by atoms with Crippen LogP contribution in [-0.2, 0) is 19.1 Å². The van der Waals surface area contributed by atoms with Gasteiger partial charge in [0.2, 0.25) is 0 Å². The Bertz CT molecular complexity index is 1270. The number of carbonyl (C=O) groups is 3. The Morgan fingerprint density at radius 1 is 0.972 bits per heavy atom. The number of allylic oxidation sites excluding steroid dienone is 1. The number of aliphatic imine (C=N–C) groups is 1. The molecule has 2 aliphatic heterocycles. The molecule has 0 aliphatic carbocycles. The predicted octanol–water partition coefficient (Wildman–Crippen LogP) is 4.24. The van der Waals surface area contributed by atoms with Crippen LogP contribution in [0.4, 0.5) is 5.69 Å². The summed E-state index contributed by atoms with van der Waals surface area (Å²) >= 11 is 1.05. The number of thioether (sulfide) groups is 1. The molecule has 1 atom stereocenters. The first-order valence-corrected chi connectivity index (χ1v) is 11.4. The smallest absolute Gasteiger partial charge is 0.338 e. The number of anilines is 1. The second-order valence-corrected chi connectivity index (χ2v) is 8.57.